The van der Waals surface area contributed by atoms with Gasteiger partial charge in [0.1, 0.15) is 0 Å². The topological polar surface area (TPSA) is 58.5 Å². The van der Waals surface area contributed by atoms with E-state index in [0.29, 0.717) is 11.6 Å². The maximum absolute atomic E-state index is 12.0. The lowest BCUT2D eigenvalue weighted by Crippen LogP contribution is -2.22. The zero-order valence-electron chi connectivity index (χ0n) is 11.5. The summed E-state index contributed by atoms with van der Waals surface area (Å²) in [4.78, 5) is 4.26. The molecule has 0 saturated heterocycles. The molecule has 6 heteroatoms. The molecule has 2 rings (SSSR count). The summed E-state index contributed by atoms with van der Waals surface area (Å²) in [5.41, 5.74) is 1.95. The van der Waals surface area contributed by atoms with Crippen molar-refractivity contribution in [3.8, 4) is 0 Å². The van der Waals surface area contributed by atoms with Crippen LogP contribution in [-0.4, -0.2) is 14.8 Å². The number of rotatable bonds is 5. The number of hydrogen-bond acceptors (Lipinski definition) is 3. The normalized spacial score (nSPS) is 11.7. The fraction of sp³-hybridized carbons (Fsp3) is 0.133. The highest BCUT2D eigenvalue weighted by Gasteiger charge is 2.10. The van der Waals surface area contributed by atoms with Gasteiger partial charge >= 0.3 is 0 Å². The monoisotopic (exact) mass is 322 g/mol. The number of hydrogen-bond donors (Lipinski definition) is 1. The van der Waals surface area contributed by atoms with Crippen molar-refractivity contribution in [2.45, 2.75) is 18.4 Å². The van der Waals surface area contributed by atoms with Gasteiger partial charge in [-0.15, -0.1) is 0 Å². The van der Waals surface area contributed by atoms with E-state index >= 15 is 0 Å². The van der Waals surface area contributed by atoms with Crippen LogP contribution in [-0.2, 0) is 16.6 Å². The van der Waals surface area contributed by atoms with Gasteiger partial charge in [-0.05, 0) is 36.8 Å². The van der Waals surface area contributed by atoms with Gasteiger partial charge in [0.05, 0.1) is 17.8 Å². The fourth-order valence-corrected chi connectivity index (χ4v) is 2.60. The summed E-state index contributed by atoms with van der Waals surface area (Å²) in [5.74, 6) is 0. The van der Waals surface area contributed by atoms with E-state index in [-0.39, 0.29) is 4.90 Å². The van der Waals surface area contributed by atoms with Crippen molar-refractivity contribution < 1.29 is 8.42 Å². The number of nitrogens with zero attached hydrogens (tertiary/aromatic N) is 1. The van der Waals surface area contributed by atoms with Crippen LogP contribution >= 0.6 is 11.6 Å². The third kappa shape index (κ3) is 4.58. The predicted octanol–water partition coefficient (Wildman–Crippen LogP) is 3.16. The Hall–Kier alpha value is -1.85. The summed E-state index contributed by atoms with van der Waals surface area (Å²) in [7, 11) is -3.56. The SMILES string of the molecule is Cc1ccc(S(=O)(=O)NC=NCc2ccc(Cl)cc2)cc1. The maximum atomic E-state index is 12.0. The molecule has 0 aromatic heterocycles. The molecule has 0 amide bonds. The Kier molecular flexibility index (Phi) is 4.98. The zero-order valence-corrected chi connectivity index (χ0v) is 13.0. The zero-order chi connectivity index (χ0) is 15.3. The first kappa shape index (κ1) is 15.5. The molecule has 2 aromatic rings. The lowest BCUT2D eigenvalue weighted by Gasteiger charge is -2.03. The lowest BCUT2D eigenvalue weighted by molar-refractivity contribution is 0.593. The van der Waals surface area contributed by atoms with Gasteiger partial charge in [-0.3, -0.25) is 9.71 Å². The molecule has 0 aliphatic rings. The number of sulfonamides is 1. The Balaban J connectivity index is 1.96. The summed E-state index contributed by atoms with van der Waals surface area (Å²) in [6.07, 6.45) is 1.20. The lowest BCUT2D eigenvalue weighted by atomic mass is 10.2. The standard InChI is InChI=1S/C15H15ClN2O2S/c1-12-2-8-15(9-3-12)21(19,20)18-11-17-10-13-4-6-14(16)7-5-13/h2-9,11H,10H2,1H3,(H,17,18). The number of aryl methyl sites for hydroxylation is 1. The largest absolute Gasteiger partial charge is 0.270 e. The van der Waals surface area contributed by atoms with Crippen molar-refractivity contribution in [3.05, 3.63) is 64.7 Å². The number of aliphatic imine (C=N–C) groups is 1. The van der Waals surface area contributed by atoms with Gasteiger partial charge in [0.25, 0.3) is 10.0 Å². The molecule has 0 radical (unpaired) electrons. The van der Waals surface area contributed by atoms with E-state index in [1.807, 2.05) is 19.1 Å². The molecule has 0 aliphatic heterocycles. The van der Waals surface area contributed by atoms with E-state index < -0.39 is 10.0 Å². The molecule has 21 heavy (non-hydrogen) atoms. The Morgan fingerprint density at radius 1 is 1.10 bits per heavy atom. The molecule has 0 saturated carbocycles. The van der Waals surface area contributed by atoms with Crippen molar-refractivity contribution in [2.75, 3.05) is 0 Å². The van der Waals surface area contributed by atoms with Crippen molar-refractivity contribution in [1.82, 2.24) is 4.72 Å². The van der Waals surface area contributed by atoms with Crippen LogP contribution < -0.4 is 4.72 Å². The van der Waals surface area contributed by atoms with E-state index in [0.717, 1.165) is 11.1 Å². The van der Waals surface area contributed by atoms with E-state index in [4.69, 9.17) is 11.6 Å². The molecule has 4 nitrogen and oxygen atoms in total. The highest BCUT2D eigenvalue weighted by Crippen LogP contribution is 2.10. The highest BCUT2D eigenvalue weighted by atomic mass is 35.5. The fourth-order valence-electron chi connectivity index (χ4n) is 1.63. The summed E-state index contributed by atoms with van der Waals surface area (Å²) >= 11 is 5.78. The van der Waals surface area contributed by atoms with Crippen LogP contribution in [0.1, 0.15) is 11.1 Å². The van der Waals surface area contributed by atoms with Crippen LogP contribution in [0, 0.1) is 6.92 Å². The van der Waals surface area contributed by atoms with E-state index in [9.17, 15) is 8.42 Å². The third-order valence-corrected chi connectivity index (χ3v) is 4.38. The molecule has 0 fully saturated rings. The van der Waals surface area contributed by atoms with Gasteiger partial charge < -0.3 is 0 Å². The van der Waals surface area contributed by atoms with Crippen LogP contribution in [0.25, 0.3) is 0 Å². The van der Waals surface area contributed by atoms with Crippen molar-refractivity contribution in [3.63, 3.8) is 0 Å². The average Bonchev–Trinajstić information content (AvgIpc) is 2.46. The minimum absolute atomic E-state index is 0.214. The maximum Gasteiger partial charge on any atom is 0.262 e. The van der Waals surface area contributed by atoms with Gasteiger partial charge in [0, 0.05) is 5.02 Å². The number of nitrogens with one attached hydrogen (secondary N) is 1. The van der Waals surface area contributed by atoms with Crippen LogP contribution in [0.5, 0.6) is 0 Å². The minimum Gasteiger partial charge on any atom is -0.270 e. The summed E-state index contributed by atoms with van der Waals surface area (Å²) in [6.45, 7) is 2.28. The minimum atomic E-state index is -3.56. The Labute approximate surface area is 129 Å². The van der Waals surface area contributed by atoms with Crippen molar-refractivity contribution in [1.29, 1.82) is 0 Å². The molecule has 0 aliphatic carbocycles. The summed E-state index contributed by atoms with van der Waals surface area (Å²) < 4.78 is 26.3. The first-order chi connectivity index (χ1) is 9.97. The van der Waals surface area contributed by atoms with Crippen molar-refractivity contribution >= 4 is 28.0 Å². The Bertz CT molecular complexity index is 723. The molecule has 0 atom stereocenters. The molecule has 0 spiro atoms. The van der Waals surface area contributed by atoms with Gasteiger partial charge in [0.2, 0.25) is 0 Å². The van der Waals surface area contributed by atoms with Crippen LogP contribution in [0.15, 0.2) is 58.4 Å². The van der Waals surface area contributed by atoms with Crippen LogP contribution in [0.4, 0.5) is 0 Å². The summed E-state index contributed by atoms with van der Waals surface area (Å²) in [5, 5.41) is 0.655. The van der Waals surface area contributed by atoms with Gasteiger partial charge in [-0.25, -0.2) is 8.42 Å². The van der Waals surface area contributed by atoms with Crippen LogP contribution in [0.3, 0.4) is 0 Å². The number of halogens is 1. The molecule has 1 N–H and O–H groups in total. The average molecular weight is 323 g/mol. The highest BCUT2D eigenvalue weighted by molar-refractivity contribution is 7.90. The second-order valence-corrected chi connectivity index (χ2v) is 6.68. The van der Waals surface area contributed by atoms with Gasteiger partial charge in [0.15, 0.2) is 0 Å². The first-order valence-corrected chi connectivity index (χ1v) is 8.15. The quantitative estimate of drug-likeness (QED) is 0.679. The molecular weight excluding hydrogens is 308 g/mol. The van der Waals surface area contributed by atoms with E-state index in [1.165, 1.54) is 6.34 Å². The molecule has 0 bridgehead atoms. The molecule has 0 heterocycles. The van der Waals surface area contributed by atoms with Gasteiger partial charge in [-0.2, -0.15) is 0 Å². The number of benzene rings is 2. The van der Waals surface area contributed by atoms with Gasteiger partial charge in [-0.1, -0.05) is 41.4 Å². The molecule has 2 aromatic carbocycles. The Morgan fingerprint density at radius 3 is 2.33 bits per heavy atom. The molecule has 0 unspecified atom stereocenters. The third-order valence-electron chi connectivity index (χ3n) is 2.82. The second-order valence-electron chi connectivity index (χ2n) is 4.53. The summed E-state index contributed by atoms with van der Waals surface area (Å²) in [6, 6.07) is 13.8. The molecule has 110 valence electrons. The smallest absolute Gasteiger partial charge is 0.262 e. The van der Waals surface area contributed by atoms with E-state index in [1.54, 1.807) is 36.4 Å². The first-order valence-electron chi connectivity index (χ1n) is 6.29. The molecular formula is C15H15ClN2O2S. The predicted molar refractivity (Wildman–Crippen MR) is 85.1 cm³/mol. The van der Waals surface area contributed by atoms with Crippen molar-refractivity contribution in [2.24, 2.45) is 4.99 Å². The Morgan fingerprint density at radius 2 is 1.71 bits per heavy atom. The second kappa shape index (κ2) is 6.74. The van der Waals surface area contributed by atoms with E-state index in [2.05, 4.69) is 9.71 Å². The van der Waals surface area contributed by atoms with Crippen LogP contribution in [0.2, 0.25) is 5.02 Å².